The molecule has 0 aromatic rings. The van der Waals surface area contributed by atoms with Crippen LogP contribution in [0.2, 0.25) is 0 Å². The van der Waals surface area contributed by atoms with Gasteiger partial charge in [0, 0.05) is 12.6 Å². The molecule has 0 amide bonds. The minimum atomic E-state index is 0.623. The van der Waals surface area contributed by atoms with Gasteiger partial charge in [-0.3, -0.25) is 0 Å². The topological polar surface area (TPSA) is 38.5 Å². The summed E-state index contributed by atoms with van der Waals surface area (Å²) < 4.78 is 0. The van der Waals surface area contributed by atoms with Crippen molar-refractivity contribution < 1.29 is 4.84 Å². The van der Waals surface area contributed by atoms with Crippen molar-refractivity contribution in [1.82, 2.24) is 4.90 Å². The van der Waals surface area contributed by atoms with Crippen LogP contribution in [0.1, 0.15) is 27.2 Å². The predicted octanol–water partition coefficient (Wildman–Crippen LogP) is 0.997. The van der Waals surface area contributed by atoms with Gasteiger partial charge in [-0.05, 0) is 26.8 Å². The number of rotatable bonds is 6. The molecular weight excluding hydrogens is 140 g/mol. The molecule has 0 saturated heterocycles. The van der Waals surface area contributed by atoms with Gasteiger partial charge in [0.05, 0.1) is 6.61 Å². The molecule has 0 saturated carbocycles. The smallest absolute Gasteiger partial charge is 0.0691 e. The summed E-state index contributed by atoms with van der Waals surface area (Å²) in [6, 6.07) is 0.623. The van der Waals surface area contributed by atoms with Crippen LogP contribution in [0.5, 0.6) is 0 Å². The summed E-state index contributed by atoms with van der Waals surface area (Å²) in [4.78, 5) is 6.88. The molecule has 3 nitrogen and oxygen atoms in total. The average Bonchev–Trinajstić information content (AvgIpc) is 1.97. The van der Waals surface area contributed by atoms with Crippen molar-refractivity contribution in [1.29, 1.82) is 0 Å². The molecule has 0 atom stereocenters. The lowest BCUT2D eigenvalue weighted by molar-refractivity contribution is 0.118. The van der Waals surface area contributed by atoms with E-state index in [0.717, 1.165) is 19.5 Å². The van der Waals surface area contributed by atoms with E-state index in [1.54, 1.807) is 0 Å². The van der Waals surface area contributed by atoms with E-state index in [2.05, 4.69) is 30.5 Å². The van der Waals surface area contributed by atoms with E-state index in [9.17, 15) is 0 Å². The zero-order valence-corrected chi connectivity index (χ0v) is 7.84. The predicted molar refractivity (Wildman–Crippen MR) is 47.1 cm³/mol. The third kappa shape index (κ3) is 5.18. The van der Waals surface area contributed by atoms with E-state index in [-0.39, 0.29) is 0 Å². The molecule has 0 aliphatic heterocycles. The Balaban J connectivity index is 3.36. The van der Waals surface area contributed by atoms with Gasteiger partial charge in [-0.25, -0.2) is 5.90 Å². The first-order valence-corrected chi connectivity index (χ1v) is 4.28. The van der Waals surface area contributed by atoms with Crippen LogP contribution in [0.25, 0.3) is 0 Å². The van der Waals surface area contributed by atoms with Crippen LogP contribution >= 0.6 is 0 Å². The van der Waals surface area contributed by atoms with Crippen LogP contribution < -0.4 is 5.90 Å². The lowest BCUT2D eigenvalue weighted by Crippen LogP contribution is -2.32. The van der Waals surface area contributed by atoms with Gasteiger partial charge < -0.3 is 9.74 Å². The molecular formula is C8H20N2O. The molecule has 0 heterocycles. The number of hydrogen-bond donors (Lipinski definition) is 1. The minimum Gasteiger partial charge on any atom is -0.305 e. The van der Waals surface area contributed by atoms with Gasteiger partial charge in [0.15, 0.2) is 0 Å². The number of nitrogens with two attached hydrogens (primary N) is 1. The Hall–Kier alpha value is -0.120. The minimum absolute atomic E-state index is 0.623. The van der Waals surface area contributed by atoms with Crippen LogP contribution in [0.3, 0.4) is 0 Å². The molecule has 0 radical (unpaired) electrons. The zero-order valence-electron chi connectivity index (χ0n) is 7.84. The van der Waals surface area contributed by atoms with Crippen molar-refractivity contribution in [2.45, 2.75) is 33.2 Å². The highest BCUT2D eigenvalue weighted by Gasteiger charge is 2.04. The van der Waals surface area contributed by atoms with Crippen LogP contribution in [0.4, 0.5) is 0 Å². The van der Waals surface area contributed by atoms with Gasteiger partial charge in [0.1, 0.15) is 0 Å². The summed E-state index contributed by atoms with van der Waals surface area (Å²) in [5.41, 5.74) is 0. The summed E-state index contributed by atoms with van der Waals surface area (Å²) in [6.45, 7) is 9.40. The van der Waals surface area contributed by atoms with Gasteiger partial charge in [0.2, 0.25) is 0 Å². The molecule has 0 bridgehead atoms. The van der Waals surface area contributed by atoms with Crippen LogP contribution in [0.15, 0.2) is 0 Å². The first-order chi connectivity index (χ1) is 5.22. The second-order valence-corrected chi connectivity index (χ2v) is 2.95. The van der Waals surface area contributed by atoms with E-state index >= 15 is 0 Å². The Labute approximate surface area is 69.5 Å². The molecule has 3 heteroatoms. The summed E-state index contributed by atoms with van der Waals surface area (Å²) >= 11 is 0. The molecule has 0 aromatic heterocycles. The first-order valence-electron chi connectivity index (χ1n) is 4.28. The second-order valence-electron chi connectivity index (χ2n) is 2.95. The third-order valence-electron chi connectivity index (χ3n) is 1.84. The van der Waals surface area contributed by atoms with Crippen molar-refractivity contribution in [2.24, 2.45) is 5.90 Å². The molecule has 0 aliphatic carbocycles. The van der Waals surface area contributed by atoms with Crippen LogP contribution in [-0.4, -0.2) is 30.6 Å². The lowest BCUT2D eigenvalue weighted by Gasteiger charge is -2.24. The van der Waals surface area contributed by atoms with Gasteiger partial charge in [-0.1, -0.05) is 6.92 Å². The van der Waals surface area contributed by atoms with Gasteiger partial charge in [-0.15, -0.1) is 0 Å². The van der Waals surface area contributed by atoms with Crippen molar-refractivity contribution in [3.05, 3.63) is 0 Å². The monoisotopic (exact) mass is 160 g/mol. The van der Waals surface area contributed by atoms with Gasteiger partial charge in [0.25, 0.3) is 0 Å². The maximum absolute atomic E-state index is 4.91. The Bertz CT molecular complexity index is 86.2. The highest BCUT2D eigenvalue weighted by atomic mass is 16.6. The van der Waals surface area contributed by atoms with Crippen molar-refractivity contribution in [2.75, 3.05) is 19.7 Å². The van der Waals surface area contributed by atoms with Crippen molar-refractivity contribution in [3.8, 4) is 0 Å². The number of nitrogens with zero attached hydrogens (tertiary/aromatic N) is 1. The molecule has 2 N–H and O–H groups in total. The van der Waals surface area contributed by atoms with Crippen molar-refractivity contribution in [3.63, 3.8) is 0 Å². The standard InChI is InChI=1S/C8H20N2O/c1-4-10(8(2)3)6-5-7-11-9/h8H,4-7,9H2,1-3H3. The van der Waals surface area contributed by atoms with E-state index in [1.165, 1.54) is 0 Å². The fourth-order valence-corrected chi connectivity index (χ4v) is 1.13. The Morgan fingerprint density at radius 1 is 1.45 bits per heavy atom. The maximum atomic E-state index is 4.91. The molecule has 0 spiro atoms. The first kappa shape index (κ1) is 10.9. The largest absolute Gasteiger partial charge is 0.305 e. The maximum Gasteiger partial charge on any atom is 0.0691 e. The summed E-state index contributed by atoms with van der Waals surface area (Å²) in [7, 11) is 0. The normalized spacial score (nSPS) is 11.5. The quantitative estimate of drug-likeness (QED) is 0.465. The molecule has 0 unspecified atom stereocenters. The van der Waals surface area contributed by atoms with Gasteiger partial charge in [-0.2, -0.15) is 0 Å². The highest BCUT2D eigenvalue weighted by Crippen LogP contribution is 1.98. The zero-order chi connectivity index (χ0) is 8.69. The molecule has 0 aromatic carbocycles. The van der Waals surface area contributed by atoms with Crippen molar-refractivity contribution >= 4 is 0 Å². The fraction of sp³-hybridized carbons (Fsp3) is 1.00. The fourth-order valence-electron chi connectivity index (χ4n) is 1.13. The Morgan fingerprint density at radius 3 is 2.45 bits per heavy atom. The third-order valence-corrected chi connectivity index (χ3v) is 1.84. The van der Waals surface area contributed by atoms with E-state index in [1.807, 2.05) is 0 Å². The molecule has 68 valence electrons. The summed E-state index contributed by atoms with van der Waals surface area (Å²) in [5, 5.41) is 0. The number of hydrogen-bond acceptors (Lipinski definition) is 3. The van der Waals surface area contributed by atoms with E-state index < -0.39 is 0 Å². The Kier molecular flexibility index (Phi) is 6.51. The average molecular weight is 160 g/mol. The second kappa shape index (κ2) is 6.58. The molecule has 0 rings (SSSR count). The Morgan fingerprint density at radius 2 is 2.09 bits per heavy atom. The molecule has 0 aliphatic rings. The van der Waals surface area contributed by atoms with E-state index in [0.29, 0.717) is 12.6 Å². The van der Waals surface area contributed by atoms with E-state index in [4.69, 9.17) is 5.90 Å². The van der Waals surface area contributed by atoms with Crippen LogP contribution in [-0.2, 0) is 4.84 Å². The summed E-state index contributed by atoms with van der Waals surface area (Å²) in [6.07, 6.45) is 1.02. The lowest BCUT2D eigenvalue weighted by atomic mass is 10.3. The highest BCUT2D eigenvalue weighted by molar-refractivity contribution is 4.59. The summed E-state index contributed by atoms with van der Waals surface area (Å²) in [5.74, 6) is 4.91. The van der Waals surface area contributed by atoms with Gasteiger partial charge >= 0.3 is 0 Å². The SMILES string of the molecule is CCN(CCCON)C(C)C. The molecule has 11 heavy (non-hydrogen) atoms. The molecule has 0 fully saturated rings. The van der Waals surface area contributed by atoms with Crippen LogP contribution in [0, 0.1) is 0 Å².